The molecule has 2 N–H and O–H groups in total. The van der Waals surface area contributed by atoms with E-state index in [1.807, 2.05) is 20.8 Å². The highest BCUT2D eigenvalue weighted by atomic mass is 16.6. The van der Waals surface area contributed by atoms with E-state index in [0.717, 1.165) is 18.6 Å². The van der Waals surface area contributed by atoms with Crippen LogP contribution in [0.2, 0.25) is 0 Å². The molecule has 0 spiro atoms. The van der Waals surface area contributed by atoms with Gasteiger partial charge in [0.2, 0.25) is 0 Å². The summed E-state index contributed by atoms with van der Waals surface area (Å²) >= 11 is 0. The molecular weight excluding hydrogens is 194 g/mol. The summed E-state index contributed by atoms with van der Waals surface area (Å²) in [7, 11) is 0. The number of hydrogen-bond acceptors (Lipinski definition) is 4. The summed E-state index contributed by atoms with van der Waals surface area (Å²) in [5, 5.41) is 3.64. The predicted molar refractivity (Wildman–Crippen MR) is 58.7 cm³/mol. The molecule has 1 aliphatic rings. The number of likely N-dealkylation sites (tertiary alicyclic amines) is 1. The van der Waals surface area contributed by atoms with Gasteiger partial charge in [-0.2, -0.15) is 5.10 Å². The minimum absolute atomic E-state index is 0.289. The zero-order valence-electron chi connectivity index (χ0n) is 9.62. The molecule has 1 rings (SSSR count). The predicted octanol–water partition coefficient (Wildman–Crippen LogP) is 1.33. The van der Waals surface area contributed by atoms with Crippen LogP contribution < -0.4 is 5.84 Å². The van der Waals surface area contributed by atoms with Crippen molar-refractivity contribution in [3.8, 4) is 0 Å². The Labute approximate surface area is 90.3 Å². The number of carbonyl (C=O) groups excluding carboxylic acids is 1. The lowest BCUT2D eigenvalue weighted by Gasteiger charge is -2.30. The first kappa shape index (κ1) is 11.8. The number of hydrogen-bond donors (Lipinski definition) is 1. The van der Waals surface area contributed by atoms with Crippen molar-refractivity contribution in [3.05, 3.63) is 0 Å². The van der Waals surface area contributed by atoms with Crippen LogP contribution in [0.4, 0.5) is 4.79 Å². The van der Waals surface area contributed by atoms with Crippen LogP contribution in [0.3, 0.4) is 0 Å². The highest BCUT2D eigenvalue weighted by Gasteiger charge is 2.25. The third-order valence-corrected chi connectivity index (χ3v) is 2.10. The van der Waals surface area contributed by atoms with Gasteiger partial charge in [-0.3, -0.25) is 0 Å². The molecule has 5 nitrogen and oxygen atoms in total. The van der Waals surface area contributed by atoms with Crippen molar-refractivity contribution in [1.82, 2.24) is 4.90 Å². The molecule has 0 bridgehead atoms. The molecule has 86 valence electrons. The van der Waals surface area contributed by atoms with Crippen LogP contribution in [-0.4, -0.2) is 35.4 Å². The molecule has 0 unspecified atom stereocenters. The average Bonchev–Trinajstić information content (AvgIpc) is 2.15. The quantitative estimate of drug-likeness (QED) is 0.487. The van der Waals surface area contributed by atoms with E-state index in [4.69, 9.17) is 10.6 Å². The summed E-state index contributed by atoms with van der Waals surface area (Å²) < 4.78 is 5.26. The molecule has 1 fully saturated rings. The summed E-state index contributed by atoms with van der Waals surface area (Å²) in [6, 6.07) is 0. The van der Waals surface area contributed by atoms with Crippen molar-refractivity contribution in [2.75, 3.05) is 13.1 Å². The third-order valence-electron chi connectivity index (χ3n) is 2.10. The van der Waals surface area contributed by atoms with E-state index in [0.29, 0.717) is 13.1 Å². The smallest absolute Gasteiger partial charge is 0.410 e. The Morgan fingerprint density at radius 2 is 2.20 bits per heavy atom. The van der Waals surface area contributed by atoms with Gasteiger partial charge in [-0.05, 0) is 33.6 Å². The van der Waals surface area contributed by atoms with E-state index in [2.05, 4.69) is 5.10 Å². The van der Waals surface area contributed by atoms with Gasteiger partial charge in [-0.15, -0.1) is 0 Å². The Kier molecular flexibility index (Phi) is 3.55. The molecule has 15 heavy (non-hydrogen) atoms. The van der Waals surface area contributed by atoms with Gasteiger partial charge in [0.05, 0.1) is 12.3 Å². The van der Waals surface area contributed by atoms with Crippen LogP contribution in [-0.2, 0) is 4.74 Å². The molecule has 0 atom stereocenters. The first-order chi connectivity index (χ1) is 6.92. The lowest BCUT2D eigenvalue weighted by Crippen LogP contribution is -2.43. The first-order valence-electron chi connectivity index (χ1n) is 5.16. The largest absolute Gasteiger partial charge is 0.444 e. The molecule has 5 heteroatoms. The Balaban J connectivity index is 2.53. The summed E-state index contributed by atoms with van der Waals surface area (Å²) in [6.07, 6.45) is 1.48. The fourth-order valence-corrected chi connectivity index (χ4v) is 1.44. The standard InChI is InChI=1S/C10H19N3O2/c1-10(2,3)15-9(14)13-6-4-5-8(7-13)12-11/h4-7,11H2,1-3H3/b12-8-. The highest BCUT2D eigenvalue weighted by molar-refractivity contribution is 5.89. The third kappa shape index (κ3) is 3.77. The molecule has 0 aromatic heterocycles. The van der Waals surface area contributed by atoms with Gasteiger partial charge in [-0.1, -0.05) is 0 Å². The van der Waals surface area contributed by atoms with E-state index in [1.54, 1.807) is 4.90 Å². The lowest BCUT2D eigenvalue weighted by molar-refractivity contribution is 0.0266. The molecule has 1 aliphatic heterocycles. The number of nitrogens with zero attached hydrogens (tertiary/aromatic N) is 2. The maximum atomic E-state index is 11.7. The van der Waals surface area contributed by atoms with E-state index in [9.17, 15) is 4.79 Å². The maximum Gasteiger partial charge on any atom is 0.410 e. The molecule has 0 aromatic rings. The number of hydrazone groups is 1. The number of rotatable bonds is 0. The Hall–Kier alpha value is -1.26. The van der Waals surface area contributed by atoms with Gasteiger partial charge < -0.3 is 15.5 Å². The lowest BCUT2D eigenvalue weighted by atomic mass is 10.1. The van der Waals surface area contributed by atoms with E-state index >= 15 is 0 Å². The number of carbonyl (C=O) groups is 1. The first-order valence-corrected chi connectivity index (χ1v) is 5.16. The van der Waals surface area contributed by atoms with Crippen LogP contribution in [0.25, 0.3) is 0 Å². The number of amides is 1. The van der Waals surface area contributed by atoms with Crippen molar-refractivity contribution in [2.45, 2.75) is 39.2 Å². The van der Waals surface area contributed by atoms with Crippen LogP contribution in [0.15, 0.2) is 5.10 Å². The molecule has 1 amide bonds. The highest BCUT2D eigenvalue weighted by Crippen LogP contribution is 2.13. The molecule has 0 aliphatic carbocycles. The summed E-state index contributed by atoms with van der Waals surface area (Å²) in [5.41, 5.74) is 0.404. The maximum absolute atomic E-state index is 11.7. The van der Waals surface area contributed by atoms with Crippen LogP contribution >= 0.6 is 0 Å². The van der Waals surface area contributed by atoms with Crippen LogP contribution in [0.5, 0.6) is 0 Å². The fourth-order valence-electron chi connectivity index (χ4n) is 1.44. The van der Waals surface area contributed by atoms with Gasteiger partial charge in [0.1, 0.15) is 5.60 Å². The second-order valence-electron chi connectivity index (χ2n) is 4.70. The van der Waals surface area contributed by atoms with E-state index < -0.39 is 5.60 Å². The Morgan fingerprint density at radius 3 is 2.73 bits per heavy atom. The zero-order chi connectivity index (χ0) is 11.5. The minimum Gasteiger partial charge on any atom is -0.444 e. The van der Waals surface area contributed by atoms with Gasteiger partial charge in [0.25, 0.3) is 0 Å². The van der Waals surface area contributed by atoms with E-state index in [1.165, 1.54) is 0 Å². The van der Waals surface area contributed by atoms with Crippen molar-refractivity contribution in [2.24, 2.45) is 10.9 Å². The number of piperidine rings is 1. The number of ether oxygens (including phenoxy) is 1. The van der Waals surface area contributed by atoms with Gasteiger partial charge in [0.15, 0.2) is 0 Å². The van der Waals surface area contributed by atoms with Gasteiger partial charge >= 0.3 is 6.09 Å². The van der Waals surface area contributed by atoms with Crippen LogP contribution in [0, 0.1) is 0 Å². The minimum atomic E-state index is -0.450. The summed E-state index contributed by atoms with van der Waals surface area (Å²) in [4.78, 5) is 13.3. The fraction of sp³-hybridized carbons (Fsp3) is 0.800. The second kappa shape index (κ2) is 4.51. The second-order valence-corrected chi connectivity index (χ2v) is 4.70. The molecule has 0 radical (unpaired) electrons. The Bertz CT molecular complexity index is 268. The van der Waals surface area contributed by atoms with Crippen molar-refractivity contribution in [3.63, 3.8) is 0 Å². The average molecular weight is 213 g/mol. The zero-order valence-corrected chi connectivity index (χ0v) is 9.62. The normalized spacial score (nSPS) is 20.5. The SMILES string of the molecule is CC(C)(C)OC(=O)N1CCC/C(=N/N)C1. The monoisotopic (exact) mass is 213 g/mol. The topological polar surface area (TPSA) is 67.9 Å². The molecule has 0 aromatic carbocycles. The molecular formula is C10H19N3O2. The molecule has 1 saturated heterocycles. The molecule has 0 saturated carbocycles. The van der Waals surface area contributed by atoms with Gasteiger partial charge in [0, 0.05) is 6.54 Å². The molecule has 1 heterocycles. The van der Waals surface area contributed by atoms with Gasteiger partial charge in [-0.25, -0.2) is 4.79 Å². The van der Waals surface area contributed by atoms with E-state index in [-0.39, 0.29) is 6.09 Å². The Morgan fingerprint density at radius 1 is 1.53 bits per heavy atom. The van der Waals surface area contributed by atoms with Crippen molar-refractivity contribution < 1.29 is 9.53 Å². The van der Waals surface area contributed by atoms with Crippen molar-refractivity contribution in [1.29, 1.82) is 0 Å². The van der Waals surface area contributed by atoms with Crippen LogP contribution in [0.1, 0.15) is 33.6 Å². The number of nitrogens with two attached hydrogens (primary N) is 1. The van der Waals surface area contributed by atoms with Crippen molar-refractivity contribution >= 4 is 11.8 Å². The summed E-state index contributed by atoms with van der Waals surface area (Å²) in [5.74, 6) is 5.20. The summed E-state index contributed by atoms with van der Waals surface area (Å²) in [6.45, 7) is 6.77.